The number of carbonyl (C=O) groups is 1. The van der Waals surface area contributed by atoms with E-state index in [-0.39, 0.29) is 11.3 Å². The second-order valence-corrected chi connectivity index (χ2v) is 6.92. The molecule has 2 rings (SSSR count). The first kappa shape index (κ1) is 15.3. The van der Waals surface area contributed by atoms with Crippen LogP contribution in [0, 0.1) is 18.3 Å². The summed E-state index contributed by atoms with van der Waals surface area (Å²) in [5, 5.41) is 14.8. The third kappa shape index (κ3) is 3.32. The summed E-state index contributed by atoms with van der Waals surface area (Å²) in [4.78, 5) is 12.2. The van der Waals surface area contributed by atoms with Crippen LogP contribution in [0.4, 0.5) is 5.00 Å². The van der Waals surface area contributed by atoms with Crippen molar-refractivity contribution < 1.29 is 4.79 Å². The van der Waals surface area contributed by atoms with Crippen LogP contribution in [0.5, 0.6) is 0 Å². The summed E-state index contributed by atoms with van der Waals surface area (Å²) in [5.41, 5.74) is 3.11. The number of anilines is 1. The molecule has 0 unspecified atom stereocenters. The highest BCUT2D eigenvalue weighted by Crippen LogP contribution is 2.35. The minimum atomic E-state index is -0.186. The van der Waals surface area contributed by atoms with Gasteiger partial charge in [0.15, 0.2) is 0 Å². The molecule has 4 heteroatoms. The van der Waals surface area contributed by atoms with Crippen molar-refractivity contribution in [1.29, 1.82) is 5.26 Å². The van der Waals surface area contributed by atoms with Gasteiger partial charge in [0.25, 0.3) is 5.91 Å². The van der Waals surface area contributed by atoms with Crippen LogP contribution in [0.2, 0.25) is 0 Å². The van der Waals surface area contributed by atoms with E-state index < -0.39 is 0 Å². The number of aryl methyl sites for hydroxylation is 1. The molecule has 0 aliphatic heterocycles. The molecular weight excluding hydrogens is 280 g/mol. The number of benzene rings is 1. The Labute approximate surface area is 129 Å². The summed E-state index contributed by atoms with van der Waals surface area (Å²) in [5.74, 6) is -0.186. The van der Waals surface area contributed by atoms with Gasteiger partial charge in [0.2, 0.25) is 0 Å². The zero-order valence-electron chi connectivity index (χ0n) is 12.7. The fraction of sp³-hybridized carbons (Fsp3) is 0.294. The number of hydrogen-bond acceptors (Lipinski definition) is 3. The second kappa shape index (κ2) is 5.71. The van der Waals surface area contributed by atoms with Crippen molar-refractivity contribution in [2.75, 3.05) is 5.32 Å². The second-order valence-electron chi connectivity index (χ2n) is 6.04. The Morgan fingerprint density at radius 1 is 1.24 bits per heavy atom. The Hall–Kier alpha value is -2.12. The van der Waals surface area contributed by atoms with Crippen molar-refractivity contribution >= 4 is 22.2 Å². The lowest BCUT2D eigenvalue weighted by atomic mass is 9.86. The Bertz CT molecular complexity index is 700. The van der Waals surface area contributed by atoms with Crippen LogP contribution in [0.1, 0.15) is 47.8 Å². The van der Waals surface area contributed by atoms with Gasteiger partial charge in [-0.05, 0) is 35.4 Å². The number of amides is 1. The van der Waals surface area contributed by atoms with E-state index in [0.717, 1.165) is 11.1 Å². The zero-order chi connectivity index (χ0) is 15.6. The van der Waals surface area contributed by atoms with Crippen molar-refractivity contribution in [3.05, 3.63) is 51.9 Å². The lowest BCUT2D eigenvalue weighted by Gasteiger charge is -2.17. The van der Waals surface area contributed by atoms with E-state index >= 15 is 0 Å². The molecule has 0 aliphatic rings. The number of nitrogens with zero attached hydrogens (tertiary/aromatic N) is 1. The average Bonchev–Trinajstić information content (AvgIpc) is 2.82. The van der Waals surface area contributed by atoms with E-state index in [4.69, 9.17) is 0 Å². The van der Waals surface area contributed by atoms with Crippen LogP contribution >= 0.6 is 11.3 Å². The first-order chi connectivity index (χ1) is 9.82. The summed E-state index contributed by atoms with van der Waals surface area (Å²) < 4.78 is 0. The third-order valence-electron chi connectivity index (χ3n) is 3.25. The van der Waals surface area contributed by atoms with Crippen LogP contribution in [-0.4, -0.2) is 5.91 Å². The highest BCUT2D eigenvalue weighted by atomic mass is 32.1. The van der Waals surface area contributed by atoms with Crippen molar-refractivity contribution in [2.45, 2.75) is 33.1 Å². The Morgan fingerprint density at radius 2 is 1.86 bits per heavy atom. The summed E-state index contributed by atoms with van der Waals surface area (Å²) in [6, 6.07) is 9.58. The predicted molar refractivity (Wildman–Crippen MR) is 86.9 cm³/mol. The number of rotatable bonds is 2. The Morgan fingerprint density at radius 3 is 2.38 bits per heavy atom. The molecule has 0 spiro atoms. The monoisotopic (exact) mass is 298 g/mol. The predicted octanol–water partition coefficient (Wildman–Crippen LogP) is 4.48. The number of thiophene rings is 1. The van der Waals surface area contributed by atoms with Crippen molar-refractivity contribution in [3.8, 4) is 6.07 Å². The SMILES string of the molecule is Cc1ccc(C(=O)Nc2scc(C(C)(C)C)c2C#N)cc1. The molecule has 21 heavy (non-hydrogen) atoms. The van der Waals surface area contributed by atoms with E-state index in [1.54, 1.807) is 12.1 Å². The van der Waals surface area contributed by atoms with Gasteiger partial charge in [-0.1, -0.05) is 38.5 Å². The first-order valence-electron chi connectivity index (χ1n) is 6.73. The lowest BCUT2D eigenvalue weighted by Crippen LogP contribution is -2.14. The molecule has 0 aliphatic carbocycles. The van der Waals surface area contributed by atoms with Gasteiger partial charge >= 0.3 is 0 Å². The van der Waals surface area contributed by atoms with Crippen molar-refractivity contribution in [2.24, 2.45) is 0 Å². The fourth-order valence-corrected chi connectivity index (χ4v) is 3.13. The van der Waals surface area contributed by atoms with Gasteiger partial charge in [-0.2, -0.15) is 5.26 Å². The highest BCUT2D eigenvalue weighted by molar-refractivity contribution is 7.14. The average molecular weight is 298 g/mol. The summed E-state index contributed by atoms with van der Waals surface area (Å²) >= 11 is 1.40. The maximum atomic E-state index is 12.2. The van der Waals surface area contributed by atoms with Gasteiger partial charge in [0.1, 0.15) is 11.1 Å². The standard InChI is InChI=1S/C17H18N2OS/c1-11-5-7-12(8-6-11)15(20)19-16-13(9-18)14(10-21-16)17(2,3)4/h5-8,10H,1-4H3,(H,19,20). The van der Waals surface area contributed by atoms with Crippen LogP contribution in [-0.2, 0) is 5.41 Å². The highest BCUT2D eigenvalue weighted by Gasteiger charge is 2.23. The lowest BCUT2D eigenvalue weighted by molar-refractivity contribution is 0.102. The summed E-state index contributed by atoms with van der Waals surface area (Å²) in [7, 11) is 0. The van der Waals surface area contributed by atoms with Crippen LogP contribution in [0.25, 0.3) is 0 Å². The van der Waals surface area contributed by atoms with E-state index in [9.17, 15) is 10.1 Å². The van der Waals surface area contributed by atoms with Crippen LogP contribution < -0.4 is 5.32 Å². The quantitative estimate of drug-likeness (QED) is 0.888. The molecule has 1 heterocycles. The van der Waals surface area contributed by atoms with E-state index in [2.05, 4.69) is 32.2 Å². The number of hydrogen-bond donors (Lipinski definition) is 1. The minimum absolute atomic E-state index is 0.117. The maximum Gasteiger partial charge on any atom is 0.256 e. The van der Waals surface area contributed by atoms with Gasteiger partial charge in [0, 0.05) is 5.56 Å². The Balaban J connectivity index is 2.28. The molecule has 3 nitrogen and oxygen atoms in total. The van der Waals surface area contributed by atoms with E-state index in [1.165, 1.54) is 11.3 Å². The third-order valence-corrected chi connectivity index (χ3v) is 4.15. The molecule has 0 radical (unpaired) electrons. The molecule has 1 aromatic heterocycles. The van der Waals surface area contributed by atoms with E-state index in [0.29, 0.717) is 16.1 Å². The van der Waals surface area contributed by atoms with Crippen molar-refractivity contribution in [3.63, 3.8) is 0 Å². The topological polar surface area (TPSA) is 52.9 Å². The molecule has 2 aromatic rings. The molecule has 0 saturated carbocycles. The first-order valence-corrected chi connectivity index (χ1v) is 7.61. The number of nitrogens with one attached hydrogen (secondary N) is 1. The normalized spacial score (nSPS) is 11.0. The molecule has 0 atom stereocenters. The van der Waals surface area contributed by atoms with Gasteiger partial charge < -0.3 is 5.32 Å². The molecule has 1 aromatic carbocycles. The van der Waals surface area contributed by atoms with Crippen molar-refractivity contribution in [1.82, 2.24) is 0 Å². The molecule has 0 fully saturated rings. The fourth-order valence-electron chi connectivity index (χ4n) is 1.99. The van der Waals surface area contributed by atoms with Gasteiger partial charge in [0.05, 0.1) is 5.56 Å². The summed E-state index contributed by atoms with van der Waals surface area (Å²) in [6.45, 7) is 8.15. The maximum absolute atomic E-state index is 12.2. The molecule has 108 valence electrons. The van der Waals surface area contributed by atoms with Gasteiger partial charge in [-0.3, -0.25) is 4.79 Å². The number of carbonyl (C=O) groups excluding carboxylic acids is 1. The molecule has 1 N–H and O–H groups in total. The molecule has 0 bridgehead atoms. The zero-order valence-corrected chi connectivity index (χ0v) is 13.5. The molecular formula is C17H18N2OS. The minimum Gasteiger partial charge on any atom is -0.312 e. The van der Waals surface area contributed by atoms with Crippen LogP contribution in [0.15, 0.2) is 29.6 Å². The molecule has 1 amide bonds. The van der Waals surface area contributed by atoms with E-state index in [1.807, 2.05) is 24.4 Å². The smallest absolute Gasteiger partial charge is 0.256 e. The van der Waals surface area contributed by atoms with Gasteiger partial charge in [-0.15, -0.1) is 11.3 Å². The number of nitriles is 1. The Kier molecular flexibility index (Phi) is 4.15. The van der Waals surface area contributed by atoms with Crippen LogP contribution in [0.3, 0.4) is 0 Å². The summed E-state index contributed by atoms with van der Waals surface area (Å²) in [6.07, 6.45) is 0. The molecule has 0 saturated heterocycles. The largest absolute Gasteiger partial charge is 0.312 e. The van der Waals surface area contributed by atoms with Gasteiger partial charge in [-0.25, -0.2) is 0 Å².